The largest absolute Gasteiger partial charge is 0.304 e. The fourth-order valence-corrected chi connectivity index (χ4v) is 1.90. The third-order valence-electron chi connectivity index (χ3n) is 3.50. The predicted octanol–water partition coefficient (Wildman–Crippen LogP) is 4.64. The molecular weight excluding hydrogens is 261 g/mol. The van der Waals surface area contributed by atoms with Gasteiger partial charge >= 0.3 is 0 Å². The van der Waals surface area contributed by atoms with Gasteiger partial charge in [-0.1, -0.05) is 37.8 Å². The van der Waals surface area contributed by atoms with Gasteiger partial charge in [0.2, 0.25) is 0 Å². The minimum absolute atomic E-state index is 0.256. The molecule has 2 rings (SSSR count). The summed E-state index contributed by atoms with van der Waals surface area (Å²) in [7, 11) is 0. The molecule has 1 unspecified atom stereocenters. The number of nitrogens with one attached hydrogen (secondary N) is 1. The highest BCUT2D eigenvalue weighted by molar-refractivity contribution is 5.99. The molecule has 2 aromatic carbocycles. The first-order valence-electron chi connectivity index (χ1n) is 7.06. The molecule has 0 spiro atoms. The van der Waals surface area contributed by atoms with Gasteiger partial charge in [0.15, 0.2) is 0 Å². The van der Waals surface area contributed by atoms with Crippen LogP contribution in [0, 0.1) is 29.0 Å². The molecule has 1 atom stereocenters. The SMILES string of the molecule is CCC(C)C(=N)c1ccc(C#Cc2ccc(F)cc2)cc1. The van der Waals surface area contributed by atoms with E-state index in [4.69, 9.17) is 5.41 Å². The van der Waals surface area contributed by atoms with Crippen molar-refractivity contribution in [2.75, 3.05) is 0 Å². The van der Waals surface area contributed by atoms with Crippen LogP contribution >= 0.6 is 0 Å². The van der Waals surface area contributed by atoms with Gasteiger partial charge in [-0.15, -0.1) is 0 Å². The van der Waals surface area contributed by atoms with Gasteiger partial charge in [0.25, 0.3) is 0 Å². The van der Waals surface area contributed by atoms with E-state index in [2.05, 4.69) is 25.7 Å². The Morgan fingerprint density at radius 1 is 1.00 bits per heavy atom. The Hall–Kier alpha value is -2.40. The van der Waals surface area contributed by atoms with Gasteiger partial charge in [-0.3, -0.25) is 0 Å². The smallest absolute Gasteiger partial charge is 0.123 e. The summed E-state index contributed by atoms with van der Waals surface area (Å²) in [6, 6.07) is 13.8. The van der Waals surface area contributed by atoms with Crippen molar-refractivity contribution >= 4 is 5.71 Å². The molecule has 0 radical (unpaired) electrons. The van der Waals surface area contributed by atoms with Gasteiger partial charge in [-0.2, -0.15) is 0 Å². The van der Waals surface area contributed by atoms with Crippen molar-refractivity contribution < 1.29 is 4.39 Å². The van der Waals surface area contributed by atoms with E-state index in [0.717, 1.165) is 23.1 Å². The zero-order chi connectivity index (χ0) is 15.2. The van der Waals surface area contributed by atoms with Crippen molar-refractivity contribution in [1.29, 1.82) is 5.41 Å². The van der Waals surface area contributed by atoms with Crippen LogP contribution in [0.4, 0.5) is 4.39 Å². The Morgan fingerprint density at radius 3 is 1.95 bits per heavy atom. The summed E-state index contributed by atoms with van der Waals surface area (Å²) in [4.78, 5) is 0. The fourth-order valence-electron chi connectivity index (χ4n) is 1.90. The normalized spacial score (nSPS) is 11.4. The quantitative estimate of drug-likeness (QED) is 0.625. The maximum Gasteiger partial charge on any atom is 0.123 e. The summed E-state index contributed by atoms with van der Waals surface area (Å²) in [5.41, 5.74) is 3.28. The van der Waals surface area contributed by atoms with Crippen molar-refractivity contribution in [3.05, 3.63) is 71.0 Å². The molecule has 1 nitrogen and oxygen atoms in total. The predicted molar refractivity (Wildman–Crippen MR) is 85.1 cm³/mol. The first kappa shape index (κ1) is 15.0. The molecule has 0 saturated heterocycles. The Morgan fingerprint density at radius 2 is 1.48 bits per heavy atom. The number of hydrogen-bond donors (Lipinski definition) is 1. The average Bonchev–Trinajstić information content (AvgIpc) is 2.53. The molecule has 0 aliphatic heterocycles. The average molecular weight is 279 g/mol. The molecule has 106 valence electrons. The van der Waals surface area contributed by atoms with Gasteiger partial charge in [0, 0.05) is 16.8 Å². The van der Waals surface area contributed by atoms with Gasteiger partial charge < -0.3 is 5.41 Å². The molecule has 0 bridgehead atoms. The lowest BCUT2D eigenvalue weighted by Gasteiger charge is -2.10. The highest BCUT2D eigenvalue weighted by Gasteiger charge is 2.08. The molecule has 0 fully saturated rings. The van der Waals surface area contributed by atoms with Crippen molar-refractivity contribution in [2.45, 2.75) is 20.3 Å². The minimum atomic E-state index is -0.256. The van der Waals surface area contributed by atoms with E-state index in [9.17, 15) is 4.39 Å². The van der Waals surface area contributed by atoms with Gasteiger partial charge in [0.1, 0.15) is 5.82 Å². The molecule has 0 heterocycles. The molecule has 21 heavy (non-hydrogen) atoms. The van der Waals surface area contributed by atoms with Crippen LogP contribution in [0.3, 0.4) is 0 Å². The Balaban J connectivity index is 2.13. The summed E-state index contributed by atoms with van der Waals surface area (Å²) in [6.45, 7) is 4.15. The van der Waals surface area contributed by atoms with Crippen LogP contribution < -0.4 is 0 Å². The van der Waals surface area contributed by atoms with Crippen molar-refractivity contribution in [1.82, 2.24) is 0 Å². The first-order chi connectivity index (χ1) is 10.1. The molecule has 0 amide bonds. The Labute approximate surface area is 125 Å². The summed E-state index contributed by atoms with van der Waals surface area (Å²) < 4.78 is 12.8. The summed E-state index contributed by atoms with van der Waals surface area (Å²) in [5.74, 6) is 6.06. The third kappa shape index (κ3) is 4.03. The lowest BCUT2D eigenvalue weighted by atomic mass is 9.96. The topological polar surface area (TPSA) is 23.9 Å². The summed E-state index contributed by atoms with van der Waals surface area (Å²) in [6.07, 6.45) is 0.963. The second kappa shape index (κ2) is 6.85. The maximum absolute atomic E-state index is 12.8. The molecule has 1 N–H and O–H groups in total. The number of rotatable bonds is 3. The second-order valence-electron chi connectivity index (χ2n) is 5.06. The van der Waals surface area contributed by atoms with E-state index >= 15 is 0 Å². The third-order valence-corrected chi connectivity index (χ3v) is 3.50. The van der Waals surface area contributed by atoms with Gasteiger partial charge in [-0.25, -0.2) is 4.39 Å². The molecule has 0 aliphatic carbocycles. The maximum atomic E-state index is 12.8. The van der Waals surface area contributed by atoms with Crippen LogP contribution in [-0.4, -0.2) is 5.71 Å². The van der Waals surface area contributed by atoms with Crippen LogP contribution in [0.1, 0.15) is 37.0 Å². The number of hydrogen-bond acceptors (Lipinski definition) is 1. The van der Waals surface area contributed by atoms with E-state index in [0.29, 0.717) is 5.71 Å². The molecule has 2 aromatic rings. The standard InChI is InChI=1S/C19H18FN/c1-3-14(2)19(21)17-10-6-15(7-11-17)4-5-16-8-12-18(20)13-9-16/h6-14,21H,3H2,1-2H3. The zero-order valence-corrected chi connectivity index (χ0v) is 12.3. The molecular formula is C19H18FN. The summed E-state index contributed by atoms with van der Waals surface area (Å²) >= 11 is 0. The monoisotopic (exact) mass is 279 g/mol. The molecule has 2 heteroatoms. The second-order valence-corrected chi connectivity index (χ2v) is 5.06. The lowest BCUT2D eigenvalue weighted by molar-refractivity contribution is 0.627. The van der Waals surface area contributed by atoms with E-state index in [-0.39, 0.29) is 11.7 Å². The summed E-state index contributed by atoms with van der Waals surface area (Å²) in [5, 5.41) is 8.09. The van der Waals surface area contributed by atoms with Crippen LogP contribution in [0.15, 0.2) is 48.5 Å². The van der Waals surface area contributed by atoms with Crippen molar-refractivity contribution in [2.24, 2.45) is 5.92 Å². The Bertz CT molecular complexity index is 672. The molecule has 0 saturated carbocycles. The van der Waals surface area contributed by atoms with E-state index in [1.165, 1.54) is 12.1 Å². The zero-order valence-electron chi connectivity index (χ0n) is 12.3. The van der Waals surface area contributed by atoms with Crippen molar-refractivity contribution in [3.8, 4) is 11.8 Å². The van der Waals surface area contributed by atoms with Crippen LogP contribution in [0.25, 0.3) is 0 Å². The Kier molecular flexibility index (Phi) is 4.90. The van der Waals surface area contributed by atoms with Gasteiger partial charge in [-0.05, 0) is 54.3 Å². The minimum Gasteiger partial charge on any atom is -0.304 e. The van der Waals surface area contributed by atoms with Crippen LogP contribution in [-0.2, 0) is 0 Å². The first-order valence-corrected chi connectivity index (χ1v) is 7.06. The van der Waals surface area contributed by atoms with Crippen LogP contribution in [0.2, 0.25) is 0 Å². The highest BCUT2D eigenvalue weighted by atomic mass is 19.1. The van der Waals surface area contributed by atoms with Gasteiger partial charge in [0.05, 0.1) is 0 Å². The van der Waals surface area contributed by atoms with E-state index in [1.54, 1.807) is 12.1 Å². The molecule has 0 aliphatic rings. The fraction of sp³-hybridized carbons (Fsp3) is 0.211. The van der Waals surface area contributed by atoms with Crippen LogP contribution in [0.5, 0.6) is 0 Å². The lowest BCUT2D eigenvalue weighted by Crippen LogP contribution is -2.09. The number of benzene rings is 2. The van der Waals surface area contributed by atoms with E-state index in [1.807, 2.05) is 24.3 Å². The number of halogens is 1. The van der Waals surface area contributed by atoms with E-state index < -0.39 is 0 Å². The highest BCUT2D eigenvalue weighted by Crippen LogP contribution is 2.12. The van der Waals surface area contributed by atoms with Crippen molar-refractivity contribution in [3.63, 3.8) is 0 Å². The molecule has 0 aromatic heterocycles.